The van der Waals surface area contributed by atoms with Crippen molar-refractivity contribution in [3.63, 3.8) is 0 Å². The molecule has 7 atom stereocenters. The van der Waals surface area contributed by atoms with Gasteiger partial charge in [0.1, 0.15) is 5.78 Å². The van der Waals surface area contributed by atoms with E-state index < -0.39 is 0 Å². The highest BCUT2D eigenvalue weighted by molar-refractivity contribution is 5.87. The molecule has 4 aliphatic carbocycles. The van der Waals surface area contributed by atoms with Gasteiger partial charge in [0.15, 0.2) is 0 Å². The summed E-state index contributed by atoms with van der Waals surface area (Å²) in [5, 5.41) is 0. The van der Waals surface area contributed by atoms with Crippen molar-refractivity contribution in [2.75, 3.05) is 0 Å². The summed E-state index contributed by atoms with van der Waals surface area (Å²) in [7, 11) is 0. The third kappa shape index (κ3) is 1.99. The molecule has 4 aliphatic rings. The molecule has 0 aliphatic heterocycles. The molecule has 124 valence electrons. The summed E-state index contributed by atoms with van der Waals surface area (Å²) in [6.45, 7) is 9.79. The van der Waals surface area contributed by atoms with Crippen LogP contribution in [0.15, 0.2) is 0 Å². The SMILES string of the molecule is C[C@@H]1C[C@H]2[C@@H](CC[C@@H]3[C@@H]2CC[C@]2(C)C(=O)CC[C@@H]32)CC1(C)C. The molecular weight excluding hydrogens is 268 g/mol. The molecule has 4 rings (SSSR count). The van der Waals surface area contributed by atoms with Crippen LogP contribution in [0.2, 0.25) is 0 Å². The molecule has 0 saturated heterocycles. The van der Waals surface area contributed by atoms with Gasteiger partial charge in [-0.3, -0.25) is 4.79 Å². The van der Waals surface area contributed by atoms with Crippen LogP contribution >= 0.6 is 0 Å². The van der Waals surface area contributed by atoms with Crippen molar-refractivity contribution in [1.82, 2.24) is 0 Å². The van der Waals surface area contributed by atoms with Crippen molar-refractivity contribution in [3.05, 3.63) is 0 Å². The number of Topliss-reactive ketones (excluding diaryl/α,β-unsaturated/α-hetero) is 1. The first kappa shape index (κ1) is 15.2. The zero-order chi connectivity index (χ0) is 15.7. The normalized spacial score (nSPS) is 53.5. The summed E-state index contributed by atoms with van der Waals surface area (Å²) in [5.41, 5.74) is 0.605. The Bertz CT molecular complexity index is 478. The number of fused-ring (bicyclic) bond motifs is 5. The summed E-state index contributed by atoms with van der Waals surface area (Å²) < 4.78 is 0. The molecule has 0 radical (unpaired) electrons. The fraction of sp³-hybridized carbons (Fsp3) is 0.952. The van der Waals surface area contributed by atoms with E-state index in [1.165, 1.54) is 44.9 Å². The van der Waals surface area contributed by atoms with Crippen LogP contribution < -0.4 is 0 Å². The lowest BCUT2D eigenvalue weighted by molar-refractivity contribution is -0.134. The largest absolute Gasteiger partial charge is 0.299 e. The molecule has 0 aromatic heterocycles. The van der Waals surface area contributed by atoms with Gasteiger partial charge in [0, 0.05) is 11.8 Å². The smallest absolute Gasteiger partial charge is 0.139 e. The fourth-order valence-corrected chi connectivity index (χ4v) is 7.23. The average molecular weight is 303 g/mol. The van der Waals surface area contributed by atoms with E-state index in [0.29, 0.717) is 11.2 Å². The quantitative estimate of drug-likeness (QED) is 0.579. The molecule has 0 aromatic rings. The van der Waals surface area contributed by atoms with E-state index in [1.807, 2.05) is 0 Å². The Morgan fingerprint density at radius 3 is 2.50 bits per heavy atom. The minimum absolute atomic E-state index is 0.0631. The van der Waals surface area contributed by atoms with Crippen LogP contribution in [0, 0.1) is 46.3 Å². The second kappa shape index (κ2) is 4.84. The molecule has 22 heavy (non-hydrogen) atoms. The summed E-state index contributed by atoms with van der Waals surface area (Å²) >= 11 is 0. The Hall–Kier alpha value is -0.330. The number of carbonyl (C=O) groups excluding carboxylic acids is 1. The predicted molar refractivity (Wildman–Crippen MR) is 90.4 cm³/mol. The highest BCUT2D eigenvalue weighted by atomic mass is 16.1. The number of hydrogen-bond donors (Lipinski definition) is 0. The number of rotatable bonds is 0. The van der Waals surface area contributed by atoms with Crippen LogP contribution in [0.4, 0.5) is 0 Å². The minimum Gasteiger partial charge on any atom is -0.299 e. The van der Waals surface area contributed by atoms with Crippen molar-refractivity contribution < 1.29 is 4.79 Å². The molecule has 4 fully saturated rings. The van der Waals surface area contributed by atoms with Crippen molar-refractivity contribution in [3.8, 4) is 0 Å². The second-order valence-electron chi connectivity index (χ2n) is 10.2. The maximum Gasteiger partial charge on any atom is 0.139 e. The molecule has 1 nitrogen and oxygen atoms in total. The zero-order valence-corrected chi connectivity index (χ0v) is 15.0. The second-order valence-corrected chi connectivity index (χ2v) is 10.2. The highest BCUT2D eigenvalue weighted by Crippen LogP contribution is 2.63. The molecule has 0 amide bonds. The molecule has 4 saturated carbocycles. The summed E-state index contributed by atoms with van der Waals surface area (Å²) in [5.74, 6) is 5.96. The Morgan fingerprint density at radius 2 is 1.73 bits per heavy atom. The first-order valence-electron chi connectivity index (χ1n) is 9.86. The molecule has 1 heteroatoms. The van der Waals surface area contributed by atoms with Gasteiger partial charge in [-0.1, -0.05) is 27.7 Å². The fourth-order valence-electron chi connectivity index (χ4n) is 7.23. The topological polar surface area (TPSA) is 17.1 Å². The van der Waals surface area contributed by atoms with Crippen LogP contribution in [0.25, 0.3) is 0 Å². The lowest BCUT2D eigenvalue weighted by Crippen LogP contribution is -2.50. The first-order chi connectivity index (χ1) is 10.3. The van der Waals surface area contributed by atoms with Gasteiger partial charge in [-0.25, -0.2) is 0 Å². The van der Waals surface area contributed by atoms with Gasteiger partial charge in [0.25, 0.3) is 0 Å². The summed E-state index contributed by atoms with van der Waals surface area (Å²) in [4.78, 5) is 12.4. The Balaban J connectivity index is 1.59. The molecule has 0 unspecified atom stereocenters. The summed E-state index contributed by atoms with van der Waals surface area (Å²) in [6, 6.07) is 0. The monoisotopic (exact) mass is 302 g/mol. The number of hydrogen-bond acceptors (Lipinski definition) is 1. The van der Waals surface area contributed by atoms with Crippen molar-refractivity contribution in [2.24, 2.45) is 46.3 Å². The van der Waals surface area contributed by atoms with Crippen LogP contribution in [0.1, 0.15) is 79.1 Å². The Morgan fingerprint density at radius 1 is 0.955 bits per heavy atom. The number of ketones is 1. The molecule has 0 bridgehead atoms. The van der Waals surface area contributed by atoms with Crippen molar-refractivity contribution >= 4 is 5.78 Å². The van der Waals surface area contributed by atoms with Crippen LogP contribution in [0.5, 0.6) is 0 Å². The van der Waals surface area contributed by atoms with E-state index in [1.54, 1.807) is 0 Å². The molecule has 0 heterocycles. The third-order valence-corrected chi connectivity index (χ3v) is 8.98. The average Bonchev–Trinajstić information content (AvgIpc) is 2.76. The van der Waals surface area contributed by atoms with Gasteiger partial charge in [-0.15, -0.1) is 0 Å². The first-order valence-corrected chi connectivity index (χ1v) is 9.86. The third-order valence-electron chi connectivity index (χ3n) is 8.98. The van der Waals surface area contributed by atoms with E-state index in [-0.39, 0.29) is 5.41 Å². The van der Waals surface area contributed by atoms with Gasteiger partial charge in [-0.2, -0.15) is 0 Å². The standard InChI is InChI=1S/C21H34O/c1-13-11-17-14(12-20(13,2)3)5-6-16-15(17)9-10-21(4)18(16)7-8-19(21)22/h13-18H,5-12H2,1-4H3/t13-,14+,15+,16-,17+,18+,21+/m1/s1. The van der Waals surface area contributed by atoms with Gasteiger partial charge < -0.3 is 0 Å². The lowest BCUT2D eigenvalue weighted by Gasteiger charge is -2.57. The maximum absolute atomic E-state index is 12.4. The predicted octanol–water partition coefficient (Wildman–Crippen LogP) is 5.48. The number of carbonyl (C=O) groups is 1. The van der Waals surface area contributed by atoms with E-state index >= 15 is 0 Å². The van der Waals surface area contributed by atoms with Gasteiger partial charge in [-0.05, 0) is 85.9 Å². The molecule has 0 N–H and O–H groups in total. The lowest BCUT2D eigenvalue weighted by atomic mass is 9.47. The van der Waals surface area contributed by atoms with E-state index in [2.05, 4.69) is 27.7 Å². The Labute approximate surface area is 136 Å². The van der Waals surface area contributed by atoms with Crippen LogP contribution in [0.3, 0.4) is 0 Å². The van der Waals surface area contributed by atoms with Crippen LogP contribution in [-0.4, -0.2) is 5.78 Å². The van der Waals surface area contributed by atoms with Crippen LogP contribution in [-0.2, 0) is 4.79 Å². The van der Waals surface area contributed by atoms with Crippen molar-refractivity contribution in [1.29, 1.82) is 0 Å². The highest BCUT2D eigenvalue weighted by Gasteiger charge is 2.57. The molecular formula is C21H34O. The van der Waals surface area contributed by atoms with E-state index in [0.717, 1.165) is 41.9 Å². The molecule has 0 spiro atoms. The van der Waals surface area contributed by atoms with Gasteiger partial charge >= 0.3 is 0 Å². The minimum atomic E-state index is 0.0631. The van der Waals surface area contributed by atoms with E-state index in [4.69, 9.17) is 0 Å². The molecule has 0 aromatic carbocycles. The summed E-state index contributed by atoms with van der Waals surface area (Å²) in [6.07, 6.45) is 10.4. The van der Waals surface area contributed by atoms with Gasteiger partial charge in [0.2, 0.25) is 0 Å². The van der Waals surface area contributed by atoms with Crippen molar-refractivity contribution in [2.45, 2.75) is 79.1 Å². The van der Waals surface area contributed by atoms with E-state index in [9.17, 15) is 4.79 Å². The van der Waals surface area contributed by atoms with Gasteiger partial charge in [0.05, 0.1) is 0 Å². The maximum atomic E-state index is 12.4. The zero-order valence-electron chi connectivity index (χ0n) is 15.0. The Kier molecular flexibility index (Phi) is 3.34.